The monoisotopic (exact) mass is 534 g/mol. The normalized spacial score (nSPS) is 13.5. The molecule has 0 aromatic heterocycles. The largest absolute Gasteiger partial charge is 0.493 e. The highest BCUT2D eigenvalue weighted by Gasteiger charge is 2.41. The van der Waals surface area contributed by atoms with Crippen LogP contribution in [-0.2, 0) is 16.2 Å². The minimum absolute atomic E-state index is 0.0216. The fourth-order valence-corrected chi connectivity index (χ4v) is 4.62. The number of ether oxygens (including phenoxy) is 2. The number of nitrogens with zero attached hydrogens (tertiary/aromatic N) is 2. The van der Waals surface area contributed by atoms with Crippen LogP contribution in [0.1, 0.15) is 16.7 Å². The molecule has 0 unspecified atom stereocenters. The van der Waals surface area contributed by atoms with E-state index in [4.69, 9.17) is 21.7 Å². The van der Waals surface area contributed by atoms with Crippen LogP contribution in [0.3, 0.4) is 0 Å². The number of para-hydroxylation sites is 2. The average molecular weight is 535 g/mol. The smallest absolute Gasteiger partial charge is 0.270 e. The maximum atomic E-state index is 13.7. The second kappa shape index (κ2) is 11.3. The van der Waals surface area contributed by atoms with Crippen LogP contribution < -0.4 is 19.3 Å². The lowest BCUT2D eigenvalue weighted by molar-refractivity contribution is -0.120. The van der Waals surface area contributed by atoms with Gasteiger partial charge in [-0.3, -0.25) is 19.4 Å². The van der Waals surface area contributed by atoms with Crippen LogP contribution >= 0.6 is 12.2 Å². The Morgan fingerprint density at radius 3 is 1.85 bits per heavy atom. The maximum absolute atomic E-state index is 13.7. The fraction of sp³-hybridized carbons (Fsp3) is 0.0938. The van der Waals surface area contributed by atoms with E-state index in [9.17, 15) is 9.59 Å². The van der Waals surface area contributed by atoms with Gasteiger partial charge >= 0.3 is 0 Å². The number of methoxy groups -OCH3 is 1. The summed E-state index contributed by atoms with van der Waals surface area (Å²) in [6.07, 6.45) is 1.56. The SMILES string of the molecule is COc1cc(C=C2C(=O)N(c3ccccc3)C(=S)N(c3ccccc3)C2=O)ccc1OCc1ccc(C)cc1. The van der Waals surface area contributed by atoms with E-state index in [1.54, 1.807) is 55.7 Å². The number of anilines is 2. The second-order valence-electron chi connectivity index (χ2n) is 8.98. The van der Waals surface area contributed by atoms with Gasteiger partial charge in [-0.25, -0.2) is 0 Å². The first-order chi connectivity index (χ1) is 19.0. The van der Waals surface area contributed by atoms with Gasteiger partial charge in [-0.2, -0.15) is 0 Å². The molecule has 0 aliphatic carbocycles. The summed E-state index contributed by atoms with van der Waals surface area (Å²) in [6.45, 7) is 2.41. The van der Waals surface area contributed by atoms with Gasteiger partial charge in [-0.05, 0) is 72.7 Å². The summed E-state index contributed by atoms with van der Waals surface area (Å²) < 4.78 is 11.6. The zero-order valence-corrected chi connectivity index (χ0v) is 22.4. The highest BCUT2D eigenvalue weighted by molar-refractivity contribution is 7.81. The molecule has 194 valence electrons. The number of carbonyl (C=O) groups excluding carboxylic acids is 2. The van der Waals surface area contributed by atoms with Crippen molar-refractivity contribution < 1.29 is 19.1 Å². The van der Waals surface area contributed by atoms with E-state index in [-0.39, 0.29) is 10.7 Å². The van der Waals surface area contributed by atoms with Crippen molar-refractivity contribution in [2.75, 3.05) is 16.9 Å². The number of rotatable bonds is 7. The highest BCUT2D eigenvalue weighted by Crippen LogP contribution is 2.33. The Balaban J connectivity index is 1.50. The molecule has 0 radical (unpaired) electrons. The lowest BCUT2D eigenvalue weighted by Crippen LogP contribution is -2.56. The third-order valence-electron chi connectivity index (χ3n) is 6.29. The molecule has 1 saturated heterocycles. The van der Waals surface area contributed by atoms with Crippen LogP contribution in [-0.4, -0.2) is 24.0 Å². The number of hydrogen-bond donors (Lipinski definition) is 0. The van der Waals surface area contributed by atoms with Crippen LogP contribution in [0.2, 0.25) is 0 Å². The molecule has 0 atom stereocenters. The number of benzene rings is 4. The molecule has 39 heavy (non-hydrogen) atoms. The van der Waals surface area contributed by atoms with E-state index >= 15 is 0 Å². The van der Waals surface area contributed by atoms with E-state index in [1.807, 2.05) is 67.6 Å². The Labute approximate surface area is 232 Å². The van der Waals surface area contributed by atoms with Crippen LogP contribution in [0.5, 0.6) is 11.5 Å². The molecule has 1 aliphatic rings. The molecule has 4 aromatic carbocycles. The molecular weight excluding hydrogens is 508 g/mol. The molecule has 6 nitrogen and oxygen atoms in total. The summed E-state index contributed by atoms with van der Waals surface area (Å²) in [5.74, 6) is 0.0473. The first-order valence-electron chi connectivity index (χ1n) is 12.4. The molecule has 2 amide bonds. The van der Waals surface area contributed by atoms with Crippen LogP contribution in [0.25, 0.3) is 6.08 Å². The van der Waals surface area contributed by atoms with Gasteiger partial charge in [0.25, 0.3) is 11.8 Å². The summed E-state index contributed by atoms with van der Waals surface area (Å²) in [6, 6.07) is 31.5. The summed E-state index contributed by atoms with van der Waals surface area (Å²) in [4.78, 5) is 30.2. The molecule has 0 bridgehead atoms. The Kier molecular flexibility index (Phi) is 7.52. The van der Waals surface area contributed by atoms with Crippen molar-refractivity contribution in [3.05, 3.63) is 125 Å². The first-order valence-corrected chi connectivity index (χ1v) is 12.8. The molecule has 1 heterocycles. The summed E-state index contributed by atoms with van der Waals surface area (Å²) in [5, 5.41) is 0.0944. The van der Waals surface area contributed by atoms with E-state index in [0.717, 1.165) is 5.56 Å². The summed E-state index contributed by atoms with van der Waals surface area (Å²) in [5.41, 5.74) is 3.95. The fourth-order valence-electron chi connectivity index (χ4n) is 4.24. The van der Waals surface area contributed by atoms with Gasteiger partial charge in [-0.15, -0.1) is 0 Å². The van der Waals surface area contributed by atoms with E-state index in [0.29, 0.717) is 35.0 Å². The third-order valence-corrected chi connectivity index (χ3v) is 6.66. The van der Waals surface area contributed by atoms with Crippen LogP contribution in [0.4, 0.5) is 11.4 Å². The zero-order chi connectivity index (χ0) is 27.4. The molecule has 7 heteroatoms. The molecule has 4 aromatic rings. The van der Waals surface area contributed by atoms with E-state index < -0.39 is 11.8 Å². The number of amides is 2. The highest BCUT2D eigenvalue weighted by atomic mass is 32.1. The minimum Gasteiger partial charge on any atom is -0.493 e. The van der Waals surface area contributed by atoms with Crippen molar-refractivity contribution in [3.63, 3.8) is 0 Å². The van der Waals surface area contributed by atoms with Crippen molar-refractivity contribution in [2.45, 2.75) is 13.5 Å². The van der Waals surface area contributed by atoms with Crippen molar-refractivity contribution in [2.24, 2.45) is 0 Å². The van der Waals surface area contributed by atoms with Gasteiger partial charge in [0.05, 0.1) is 18.5 Å². The van der Waals surface area contributed by atoms with Gasteiger partial charge < -0.3 is 9.47 Å². The molecule has 0 spiro atoms. The lowest BCUT2D eigenvalue weighted by Gasteiger charge is -2.36. The van der Waals surface area contributed by atoms with Gasteiger partial charge in [0, 0.05) is 0 Å². The average Bonchev–Trinajstić information content (AvgIpc) is 2.96. The van der Waals surface area contributed by atoms with Crippen molar-refractivity contribution >= 4 is 46.6 Å². The predicted molar refractivity (Wildman–Crippen MR) is 157 cm³/mol. The minimum atomic E-state index is -0.498. The van der Waals surface area contributed by atoms with E-state index in [1.165, 1.54) is 15.4 Å². The Morgan fingerprint density at radius 2 is 1.31 bits per heavy atom. The van der Waals surface area contributed by atoms with Gasteiger partial charge in [-0.1, -0.05) is 72.3 Å². The molecule has 0 saturated carbocycles. The molecule has 0 N–H and O–H groups in total. The van der Waals surface area contributed by atoms with Gasteiger partial charge in [0.15, 0.2) is 16.6 Å². The van der Waals surface area contributed by atoms with Gasteiger partial charge in [0.2, 0.25) is 0 Å². The lowest BCUT2D eigenvalue weighted by atomic mass is 10.0. The Morgan fingerprint density at radius 1 is 0.744 bits per heavy atom. The molecule has 5 rings (SSSR count). The predicted octanol–water partition coefficient (Wildman–Crippen LogP) is 6.33. The summed E-state index contributed by atoms with van der Waals surface area (Å²) in [7, 11) is 1.55. The number of aryl methyl sites for hydroxylation is 1. The second-order valence-corrected chi connectivity index (χ2v) is 9.34. The van der Waals surface area contributed by atoms with Crippen molar-refractivity contribution in [1.82, 2.24) is 0 Å². The maximum Gasteiger partial charge on any atom is 0.270 e. The quantitative estimate of drug-likeness (QED) is 0.158. The van der Waals surface area contributed by atoms with Crippen LogP contribution in [0.15, 0.2) is 109 Å². The zero-order valence-electron chi connectivity index (χ0n) is 21.5. The summed E-state index contributed by atoms with van der Waals surface area (Å²) >= 11 is 5.66. The molecule has 1 fully saturated rings. The number of thiocarbonyl (C=S) groups is 1. The number of hydrogen-bond acceptors (Lipinski definition) is 5. The van der Waals surface area contributed by atoms with Crippen molar-refractivity contribution in [1.29, 1.82) is 0 Å². The molecular formula is C32H26N2O4S. The Bertz CT molecular complexity index is 1490. The van der Waals surface area contributed by atoms with Crippen molar-refractivity contribution in [3.8, 4) is 11.5 Å². The standard InChI is InChI=1S/C32H26N2O4S/c1-22-13-15-23(16-14-22)21-38-28-18-17-24(20-29(28)37-2)19-27-30(35)33(25-9-5-3-6-10-25)32(39)34(31(27)36)26-11-7-4-8-12-26/h3-20H,21H2,1-2H3. The number of carbonyl (C=O) groups is 2. The van der Waals surface area contributed by atoms with Crippen LogP contribution in [0, 0.1) is 6.92 Å². The van der Waals surface area contributed by atoms with E-state index in [2.05, 4.69) is 0 Å². The molecule has 1 aliphatic heterocycles. The van der Waals surface area contributed by atoms with Gasteiger partial charge in [0.1, 0.15) is 12.2 Å². The Hall–Kier alpha value is -4.75. The third kappa shape index (κ3) is 5.44. The topological polar surface area (TPSA) is 59.1 Å². The first kappa shape index (κ1) is 25.9.